The maximum Gasteiger partial charge on any atom is 0.323 e. The van der Waals surface area contributed by atoms with Gasteiger partial charge in [-0.25, -0.2) is 4.79 Å². The van der Waals surface area contributed by atoms with E-state index in [4.69, 9.17) is 0 Å². The lowest BCUT2D eigenvalue weighted by atomic mass is 10.2. The summed E-state index contributed by atoms with van der Waals surface area (Å²) in [4.78, 5) is 20.9. The van der Waals surface area contributed by atoms with E-state index in [0.29, 0.717) is 0 Å². The van der Waals surface area contributed by atoms with Gasteiger partial charge < -0.3 is 9.97 Å². The van der Waals surface area contributed by atoms with Crippen LogP contribution < -0.4 is 5.69 Å². The first-order valence-electron chi connectivity index (χ1n) is 6.94. The molecule has 0 aliphatic heterocycles. The minimum atomic E-state index is -0.192. The van der Waals surface area contributed by atoms with E-state index in [-0.39, 0.29) is 13.1 Å². The summed E-state index contributed by atoms with van der Waals surface area (Å²) in [6, 6.07) is 5.57. The topological polar surface area (TPSA) is 61.0 Å². The summed E-state index contributed by atoms with van der Waals surface area (Å²) in [5.41, 5.74) is 3.33. The van der Waals surface area contributed by atoms with Crippen LogP contribution >= 0.6 is 0 Å². The Kier molecular flexibility index (Phi) is 8.95. The molecule has 1 aliphatic carbocycles. The van der Waals surface area contributed by atoms with Gasteiger partial charge in [-0.05, 0) is 30.2 Å². The largest absolute Gasteiger partial charge is 0.323 e. The van der Waals surface area contributed by atoms with Crippen LogP contribution in [-0.4, -0.2) is 16.2 Å². The molecule has 4 heteroatoms. The lowest BCUT2D eigenvalue weighted by Crippen LogP contribution is -1.99. The summed E-state index contributed by atoms with van der Waals surface area (Å²) in [6.07, 6.45) is 9.05. The van der Waals surface area contributed by atoms with Crippen molar-refractivity contribution in [2.45, 2.75) is 27.7 Å². The second-order valence-corrected chi connectivity index (χ2v) is 3.91. The third-order valence-electron chi connectivity index (χ3n) is 2.66. The number of nitrogens with zero attached hydrogens (tertiary/aromatic N) is 1. The highest BCUT2D eigenvalue weighted by molar-refractivity contribution is 5.86. The van der Waals surface area contributed by atoms with Crippen molar-refractivity contribution in [3.05, 3.63) is 65.6 Å². The number of hydrogen-bond donors (Lipinski definition) is 2. The molecule has 0 atom stereocenters. The molecule has 118 valence electrons. The first kappa shape index (κ1) is 19.4. The third-order valence-corrected chi connectivity index (χ3v) is 2.66. The van der Waals surface area contributed by atoms with E-state index >= 15 is 0 Å². The monoisotopic (exact) mass is 299 g/mol. The first-order chi connectivity index (χ1) is 10.3. The SMILES string of the molecule is C.C=C.CC.O=c1[nH]c2ccc(N=CC3=CCC=C3)cc2[nH]1. The molecule has 4 nitrogen and oxygen atoms in total. The predicted molar refractivity (Wildman–Crippen MR) is 98.2 cm³/mol. The molecule has 1 aromatic heterocycles. The maximum absolute atomic E-state index is 11.1. The third kappa shape index (κ3) is 5.05. The van der Waals surface area contributed by atoms with Crippen molar-refractivity contribution in [3.8, 4) is 0 Å². The molecule has 0 bridgehead atoms. The molecule has 0 saturated heterocycles. The quantitative estimate of drug-likeness (QED) is 0.600. The first-order valence-corrected chi connectivity index (χ1v) is 6.94. The van der Waals surface area contributed by atoms with Gasteiger partial charge in [-0.3, -0.25) is 4.99 Å². The number of rotatable bonds is 2. The molecular formula is C18H25N3O. The van der Waals surface area contributed by atoms with E-state index in [1.54, 1.807) is 0 Å². The minimum Gasteiger partial charge on any atom is -0.306 e. The van der Waals surface area contributed by atoms with Gasteiger partial charge in [0, 0.05) is 6.21 Å². The number of aromatic nitrogens is 2. The fourth-order valence-corrected chi connectivity index (χ4v) is 1.82. The predicted octanol–water partition coefficient (Wildman–Crippen LogP) is 4.91. The molecule has 1 aromatic carbocycles. The summed E-state index contributed by atoms with van der Waals surface area (Å²) in [7, 11) is 0. The molecule has 0 fully saturated rings. The number of imidazole rings is 1. The van der Waals surface area contributed by atoms with Gasteiger partial charge in [-0.15, -0.1) is 13.2 Å². The maximum atomic E-state index is 11.1. The molecule has 0 spiro atoms. The number of benzene rings is 1. The van der Waals surface area contributed by atoms with E-state index in [0.717, 1.165) is 28.7 Å². The zero-order valence-corrected chi connectivity index (χ0v) is 12.5. The van der Waals surface area contributed by atoms with Gasteiger partial charge in [0.15, 0.2) is 0 Å². The number of allylic oxidation sites excluding steroid dienone is 4. The molecule has 2 aromatic rings. The molecule has 0 unspecified atom stereocenters. The Morgan fingerprint density at radius 2 is 1.86 bits per heavy atom. The Bertz CT molecular complexity index is 717. The molecule has 1 aliphatic rings. The van der Waals surface area contributed by atoms with Gasteiger partial charge in [0.05, 0.1) is 16.7 Å². The highest BCUT2D eigenvalue weighted by Gasteiger charge is 1.99. The van der Waals surface area contributed by atoms with Gasteiger partial charge in [0.25, 0.3) is 0 Å². The number of hydrogen-bond acceptors (Lipinski definition) is 2. The van der Waals surface area contributed by atoms with E-state index in [1.807, 2.05) is 44.3 Å². The lowest BCUT2D eigenvalue weighted by molar-refractivity contribution is 1.21. The zero-order valence-electron chi connectivity index (χ0n) is 12.5. The van der Waals surface area contributed by atoms with Crippen molar-refractivity contribution >= 4 is 22.9 Å². The number of H-pyrrole nitrogens is 2. The molecular weight excluding hydrogens is 274 g/mol. The van der Waals surface area contributed by atoms with Crippen LogP contribution in [0.3, 0.4) is 0 Å². The standard InChI is InChI=1S/C13H11N3O.C2H6.C2H4.CH4/c17-13-15-11-6-5-10(7-12(11)16-13)14-8-9-3-1-2-4-9;2*1-2;/h1,3-8H,2H2,(H2,15,16,17);1-2H3;1-2H2;1H4. The average molecular weight is 299 g/mol. The smallest absolute Gasteiger partial charge is 0.306 e. The van der Waals surface area contributed by atoms with Crippen LogP contribution in [-0.2, 0) is 0 Å². The molecule has 1 heterocycles. The van der Waals surface area contributed by atoms with Crippen LogP contribution in [0.1, 0.15) is 27.7 Å². The molecule has 0 saturated carbocycles. The Labute approximate surface area is 132 Å². The normalized spacial score (nSPS) is 12.0. The fraction of sp³-hybridized carbons (Fsp3) is 0.222. The highest BCUT2D eigenvalue weighted by Crippen LogP contribution is 2.18. The lowest BCUT2D eigenvalue weighted by Gasteiger charge is -1.93. The summed E-state index contributed by atoms with van der Waals surface area (Å²) in [5.74, 6) is 0. The second-order valence-electron chi connectivity index (χ2n) is 3.91. The van der Waals surface area contributed by atoms with Crippen LogP contribution in [0.25, 0.3) is 11.0 Å². The van der Waals surface area contributed by atoms with Gasteiger partial charge in [0.2, 0.25) is 0 Å². The summed E-state index contributed by atoms with van der Waals surface area (Å²) in [6.45, 7) is 10.0. The van der Waals surface area contributed by atoms with Crippen molar-refractivity contribution in [2.24, 2.45) is 4.99 Å². The Hall–Kier alpha value is -2.62. The van der Waals surface area contributed by atoms with Crippen LogP contribution in [0.5, 0.6) is 0 Å². The van der Waals surface area contributed by atoms with Crippen LogP contribution in [0.15, 0.2) is 64.9 Å². The van der Waals surface area contributed by atoms with Crippen molar-refractivity contribution in [2.75, 3.05) is 0 Å². The van der Waals surface area contributed by atoms with Crippen molar-refractivity contribution < 1.29 is 0 Å². The van der Waals surface area contributed by atoms with E-state index in [2.05, 4.69) is 40.3 Å². The van der Waals surface area contributed by atoms with Gasteiger partial charge in [0.1, 0.15) is 0 Å². The van der Waals surface area contributed by atoms with E-state index < -0.39 is 0 Å². The Morgan fingerprint density at radius 1 is 1.18 bits per heavy atom. The number of aliphatic imine (C=N–C) groups is 1. The van der Waals surface area contributed by atoms with Gasteiger partial charge in [-0.1, -0.05) is 39.5 Å². The summed E-state index contributed by atoms with van der Waals surface area (Å²) < 4.78 is 0. The average Bonchev–Trinajstić information content (AvgIpc) is 3.17. The minimum absolute atomic E-state index is 0. The second kappa shape index (κ2) is 10.2. The van der Waals surface area contributed by atoms with Crippen molar-refractivity contribution in [1.29, 1.82) is 0 Å². The van der Waals surface area contributed by atoms with Crippen LogP contribution in [0.2, 0.25) is 0 Å². The summed E-state index contributed by atoms with van der Waals surface area (Å²) >= 11 is 0. The van der Waals surface area contributed by atoms with Crippen molar-refractivity contribution in [3.63, 3.8) is 0 Å². The van der Waals surface area contributed by atoms with E-state index in [9.17, 15) is 4.79 Å². The molecule has 0 amide bonds. The van der Waals surface area contributed by atoms with Crippen LogP contribution in [0.4, 0.5) is 5.69 Å². The van der Waals surface area contributed by atoms with Crippen LogP contribution in [0, 0.1) is 0 Å². The zero-order chi connectivity index (χ0) is 15.7. The highest BCUT2D eigenvalue weighted by atomic mass is 16.1. The Morgan fingerprint density at radius 3 is 2.50 bits per heavy atom. The number of fused-ring (bicyclic) bond motifs is 1. The molecule has 2 N–H and O–H groups in total. The number of aromatic amines is 2. The number of nitrogens with one attached hydrogen (secondary N) is 2. The van der Waals surface area contributed by atoms with Crippen molar-refractivity contribution in [1.82, 2.24) is 9.97 Å². The molecule has 3 rings (SSSR count). The molecule has 0 radical (unpaired) electrons. The van der Waals surface area contributed by atoms with E-state index in [1.165, 1.54) is 0 Å². The fourth-order valence-electron chi connectivity index (χ4n) is 1.82. The van der Waals surface area contributed by atoms with Gasteiger partial charge >= 0.3 is 5.69 Å². The Balaban J connectivity index is 0.000000819. The summed E-state index contributed by atoms with van der Waals surface area (Å²) in [5, 5.41) is 0. The van der Waals surface area contributed by atoms with Gasteiger partial charge in [-0.2, -0.15) is 0 Å². The molecule has 22 heavy (non-hydrogen) atoms.